The molecule has 0 spiro atoms. The van der Waals surface area contributed by atoms with Crippen LogP contribution in [0.5, 0.6) is 0 Å². The zero-order valence-corrected chi connectivity index (χ0v) is 14.7. The second-order valence-electron chi connectivity index (χ2n) is 5.79. The average Bonchev–Trinajstić information content (AvgIpc) is 2.90. The van der Waals surface area contributed by atoms with E-state index in [0.717, 1.165) is 35.7 Å². The average molecular weight is 383 g/mol. The normalized spacial score (nSPS) is 22.9. The SMILES string of the molecule is O=C(NN1C(=O)CSC1c1ccc(Br)cc1)C1CCCCC1. The maximum atomic E-state index is 12.4. The van der Waals surface area contributed by atoms with Crippen molar-refractivity contribution in [3.05, 3.63) is 34.3 Å². The molecule has 2 fully saturated rings. The molecule has 1 aliphatic carbocycles. The summed E-state index contributed by atoms with van der Waals surface area (Å²) in [6.07, 6.45) is 5.30. The van der Waals surface area contributed by atoms with Gasteiger partial charge in [0.1, 0.15) is 5.37 Å². The van der Waals surface area contributed by atoms with Gasteiger partial charge in [-0.05, 0) is 30.5 Å². The minimum Gasteiger partial charge on any atom is -0.273 e. The number of hydrogen-bond acceptors (Lipinski definition) is 3. The predicted octanol–water partition coefficient (Wildman–Crippen LogP) is 3.63. The van der Waals surface area contributed by atoms with Crippen molar-refractivity contribution in [2.75, 3.05) is 5.75 Å². The number of carbonyl (C=O) groups is 2. The highest BCUT2D eigenvalue weighted by Crippen LogP contribution is 2.38. The molecule has 2 aliphatic rings. The smallest absolute Gasteiger partial charge is 0.252 e. The van der Waals surface area contributed by atoms with E-state index in [2.05, 4.69) is 21.4 Å². The lowest BCUT2D eigenvalue weighted by molar-refractivity contribution is -0.141. The first kappa shape index (κ1) is 15.9. The van der Waals surface area contributed by atoms with Crippen LogP contribution in [0.15, 0.2) is 28.7 Å². The zero-order valence-electron chi connectivity index (χ0n) is 12.3. The Labute approximate surface area is 143 Å². The molecule has 1 atom stereocenters. The maximum absolute atomic E-state index is 12.4. The first-order valence-electron chi connectivity index (χ1n) is 7.65. The number of carbonyl (C=O) groups excluding carboxylic acids is 2. The monoisotopic (exact) mass is 382 g/mol. The summed E-state index contributed by atoms with van der Waals surface area (Å²) >= 11 is 4.97. The number of nitrogens with zero attached hydrogens (tertiary/aromatic N) is 1. The Bertz CT molecular complexity index is 558. The van der Waals surface area contributed by atoms with E-state index in [1.54, 1.807) is 11.8 Å². The molecule has 1 heterocycles. The van der Waals surface area contributed by atoms with Gasteiger partial charge >= 0.3 is 0 Å². The van der Waals surface area contributed by atoms with E-state index in [4.69, 9.17) is 0 Å². The van der Waals surface area contributed by atoms with Crippen LogP contribution >= 0.6 is 27.7 Å². The van der Waals surface area contributed by atoms with Crippen LogP contribution < -0.4 is 5.43 Å². The summed E-state index contributed by atoms with van der Waals surface area (Å²) < 4.78 is 1.00. The van der Waals surface area contributed by atoms with Crippen LogP contribution in [0.4, 0.5) is 0 Å². The molecule has 3 rings (SSSR count). The molecular formula is C16H19BrN2O2S. The van der Waals surface area contributed by atoms with Gasteiger partial charge in [-0.1, -0.05) is 47.3 Å². The van der Waals surface area contributed by atoms with Crippen molar-refractivity contribution in [1.29, 1.82) is 0 Å². The molecular weight excluding hydrogens is 364 g/mol. The quantitative estimate of drug-likeness (QED) is 0.867. The Kier molecular flexibility index (Phi) is 5.08. The van der Waals surface area contributed by atoms with Gasteiger partial charge in [-0.3, -0.25) is 15.0 Å². The number of benzene rings is 1. The molecule has 4 nitrogen and oxygen atoms in total. The summed E-state index contributed by atoms with van der Waals surface area (Å²) in [6, 6.07) is 7.89. The van der Waals surface area contributed by atoms with Gasteiger partial charge in [0.2, 0.25) is 5.91 Å². The van der Waals surface area contributed by atoms with Gasteiger partial charge in [-0.2, -0.15) is 0 Å². The van der Waals surface area contributed by atoms with Crippen molar-refractivity contribution in [2.45, 2.75) is 37.5 Å². The molecule has 1 N–H and O–H groups in total. The van der Waals surface area contributed by atoms with Crippen molar-refractivity contribution in [3.8, 4) is 0 Å². The third-order valence-corrected chi connectivity index (χ3v) is 5.97. The summed E-state index contributed by atoms with van der Waals surface area (Å²) in [5.74, 6) is 0.434. The predicted molar refractivity (Wildman–Crippen MR) is 90.9 cm³/mol. The Morgan fingerprint density at radius 3 is 2.55 bits per heavy atom. The lowest BCUT2D eigenvalue weighted by Crippen LogP contribution is -2.47. The van der Waals surface area contributed by atoms with Crippen LogP contribution in [-0.4, -0.2) is 22.6 Å². The van der Waals surface area contributed by atoms with Gasteiger partial charge < -0.3 is 0 Å². The van der Waals surface area contributed by atoms with Crippen LogP contribution in [0.25, 0.3) is 0 Å². The van der Waals surface area contributed by atoms with Crippen LogP contribution in [0, 0.1) is 5.92 Å². The molecule has 1 aromatic rings. The van der Waals surface area contributed by atoms with E-state index in [9.17, 15) is 9.59 Å². The molecule has 118 valence electrons. The highest BCUT2D eigenvalue weighted by molar-refractivity contribution is 9.10. The number of amides is 2. The van der Waals surface area contributed by atoms with Gasteiger partial charge in [0.15, 0.2) is 0 Å². The fourth-order valence-electron chi connectivity index (χ4n) is 2.99. The first-order valence-corrected chi connectivity index (χ1v) is 9.49. The molecule has 0 bridgehead atoms. The fourth-order valence-corrected chi connectivity index (χ4v) is 4.37. The van der Waals surface area contributed by atoms with E-state index in [-0.39, 0.29) is 23.1 Å². The van der Waals surface area contributed by atoms with E-state index < -0.39 is 0 Å². The third kappa shape index (κ3) is 3.49. The van der Waals surface area contributed by atoms with Crippen LogP contribution in [-0.2, 0) is 9.59 Å². The summed E-state index contributed by atoms with van der Waals surface area (Å²) in [7, 11) is 0. The largest absolute Gasteiger partial charge is 0.273 e. The van der Waals surface area contributed by atoms with Gasteiger partial charge in [0.25, 0.3) is 5.91 Å². The number of hydrogen-bond donors (Lipinski definition) is 1. The molecule has 1 saturated heterocycles. The topological polar surface area (TPSA) is 49.4 Å². The minimum absolute atomic E-state index is 0.00217. The number of halogens is 1. The molecule has 6 heteroatoms. The minimum atomic E-state index is -0.131. The first-order chi connectivity index (χ1) is 10.6. The fraction of sp³-hybridized carbons (Fsp3) is 0.500. The van der Waals surface area contributed by atoms with Crippen molar-refractivity contribution >= 4 is 39.5 Å². The summed E-state index contributed by atoms with van der Waals surface area (Å²) in [6.45, 7) is 0. The van der Waals surface area contributed by atoms with Crippen LogP contribution in [0.1, 0.15) is 43.0 Å². The Morgan fingerprint density at radius 2 is 1.86 bits per heavy atom. The summed E-state index contributed by atoms with van der Waals surface area (Å²) in [4.78, 5) is 24.5. The van der Waals surface area contributed by atoms with Crippen LogP contribution in [0.3, 0.4) is 0 Å². The Balaban J connectivity index is 1.70. The summed E-state index contributed by atoms with van der Waals surface area (Å²) in [5, 5.41) is 1.39. The maximum Gasteiger partial charge on any atom is 0.252 e. The molecule has 1 aliphatic heterocycles. The molecule has 1 saturated carbocycles. The van der Waals surface area contributed by atoms with Crippen LogP contribution in [0.2, 0.25) is 0 Å². The zero-order chi connectivity index (χ0) is 15.5. The highest BCUT2D eigenvalue weighted by atomic mass is 79.9. The second kappa shape index (κ2) is 7.04. The van der Waals surface area contributed by atoms with E-state index in [1.807, 2.05) is 24.3 Å². The van der Waals surface area contributed by atoms with Gasteiger partial charge in [-0.25, -0.2) is 5.01 Å². The Morgan fingerprint density at radius 1 is 1.18 bits per heavy atom. The van der Waals surface area contributed by atoms with Crippen molar-refractivity contribution in [1.82, 2.24) is 10.4 Å². The van der Waals surface area contributed by atoms with Gasteiger partial charge in [-0.15, -0.1) is 11.8 Å². The molecule has 0 radical (unpaired) electrons. The van der Waals surface area contributed by atoms with Gasteiger partial charge in [0, 0.05) is 10.4 Å². The van der Waals surface area contributed by atoms with Crippen molar-refractivity contribution < 1.29 is 9.59 Å². The molecule has 1 aromatic carbocycles. The second-order valence-corrected chi connectivity index (χ2v) is 7.77. The molecule has 0 aromatic heterocycles. The molecule has 22 heavy (non-hydrogen) atoms. The molecule has 2 amide bonds. The highest BCUT2D eigenvalue weighted by Gasteiger charge is 2.35. The van der Waals surface area contributed by atoms with Gasteiger partial charge in [0.05, 0.1) is 5.75 Å². The molecule has 1 unspecified atom stereocenters. The third-order valence-electron chi connectivity index (χ3n) is 4.23. The van der Waals surface area contributed by atoms with Crippen molar-refractivity contribution in [2.24, 2.45) is 5.92 Å². The standard InChI is InChI=1S/C16H19BrN2O2S/c17-13-8-6-12(7-9-13)16-19(14(20)10-22-16)18-15(21)11-4-2-1-3-5-11/h6-9,11,16H,1-5,10H2,(H,18,21). The number of hydrazine groups is 1. The van der Waals surface area contributed by atoms with Crippen molar-refractivity contribution in [3.63, 3.8) is 0 Å². The lowest BCUT2D eigenvalue weighted by atomic mass is 9.89. The van der Waals surface area contributed by atoms with E-state index >= 15 is 0 Å². The van der Waals surface area contributed by atoms with E-state index in [1.165, 1.54) is 11.4 Å². The Hall–Kier alpha value is -1.01. The van der Waals surface area contributed by atoms with E-state index in [0.29, 0.717) is 5.75 Å². The number of rotatable bonds is 3. The summed E-state index contributed by atoms with van der Waals surface area (Å²) in [5.41, 5.74) is 3.90. The number of nitrogens with one attached hydrogen (secondary N) is 1. The lowest BCUT2D eigenvalue weighted by Gasteiger charge is -2.28. The number of thioether (sulfide) groups is 1.